The van der Waals surface area contributed by atoms with Crippen LogP contribution in [0.25, 0.3) is 6.08 Å². The molecule has 1 aromatic rings. The van der Waals surface area contributed by atoms with Crippen LogP contribution in [0.5, 0.6) is 11.5 Å². The third-order valence-electron chi connectivity index (χ3n) is 2.19. The summed E-state index contributed by atoms with van der Waals surface area (Å²) in [5, 5.41) is 10.3. The molecule has 5 nitrogen and oxygen atoms in total. The second kappa shape index (κ2) is 6.90. The van der Waals surface area contributed by atoms with E-state index in [2.05, 4.69) is 0 Å². The molecule has 0 spiro atoms. The van der Waals surface area contributed by atoms with Crippen molar-refractivity contribution in [2.75, 3.05) is 20.0 Å². The Morgan fingerprint density at radius 1 is 1.33 bits per heavy atom. The van der Waals surface area contributed by atoms with Crippen LogP contribution in [0.4, 0.5) is 0 Å². The quantitative estimate of drug-likeness (QED) is 0.451. The van der Waals surface area contributed by atoms with Gasteiger partial charge in [-0.15, -0.1) is 11.8 Å². The molecule has 0 aliphatic carbocycles. The third kappa shape index (κ3) is 3.66. The minimum atomic E-state index is -0.513. The van der Waals surface area contributed by atoms with Gasteiger partial charge < -0.3 is 9.47 Å². The van der Waals surface area contributed by atoms with Gasteiger partial charge in [0.25, 0.3) is 0 Å². The van der Waals surface area contributed by atoms with E-state index in [1.807, 2.05) is 13.0 Å². The maximum absolute atomic E-state index is 10.3. The van der Waals surface area contributed by atoms with Crippen molar-refractivity contribution in [1.29, 1.82) is 0 Å². The third-order valence-corrected chi connectivity index (χ3v) is 3.11. The molecule has 0 bridgehead atoms. The van der Waals surface area contributed by atoms with Gasteiger partial charge in [0.05, 0.1) is 24.0 Å². The number of nitrogens with zero attached hydrogens (tertiary/aromatic N) is 1. The van der Waals surface area contributed by atoms with Crippen molar-refractivity contribution >= 4 is 17.8 Å². The van der Waals surface area contributed by atoms with Gasteiger partial charge in [0.2, 0.25) is 6.20 Å². The first-order valence-corrected chi connectivity index (χ1v) is 6.31. The SMILES string of the molecule is CCSc1cc(OC)c(/C=C\[N+](=O)[O-])cc1OC. The van der Waals surface area contributed by atoms with Gasteiger partial charge in [-0.25, -0.2) is 0 Å². The minimum Gasteiger partial charge on any atom is -0.496 e. The fourth-order valence-electron chi connectivity index (χ4n) is 1.43. The topological polar surface area (TPSA) is 61.6 Å². The van der Waals surface area contributed by atoms with Gasteiger partial charge in [-0.05, 0) is 17.9 Å². The van der Waals surface area contributed by atoms with E-state index in [9.17, 15) is 10.1 Å². The molecule has 0 saturated carbocycles. The van der Waals surface area contributed by atoms with Gasteiger partial charge in [0, 0.05) is 11.6 Å². The summed E-state index contributed by atoms with van der Waals surface area (Å²) in [6.45, 7) is 2.04. The van der Waals surface area contributed by atoms with E-state index in [1.54, 1.807) is 24.9 Å². The number of benzene rings is 1. The van der Waals surface area contributed by atoms with Crippen LogP contribution < -0.4 is 9.47 Å². The first kappa shape index (κ1) is 14.4. The van der Waals surface area contributed by atoms with E-state index >= 15 is 0 Å². The molecule has 0 heterocycles. The fraction of sp³-hybridized carbons (Fsp3) is 0.333. The van der Waals surface area contributed by atoms with Crippen LogP contribution in [0, 0.1) is 10.1 Å². The molecule has 0 amide bonds. The van der Waals surface area contributed by atoms with E-state index < -0.39 is 4.92 Å². The van der Waals surface area contributed by atoms with E-state index in [0.717, 1.165) is 16.8 Å². The highest BCUT2D eigenvalue weighted by molar-refractivity contribution is 7.99. The molecule has 0 atom stereocenters. The van der Waals surface area contributed by atoms with Crippen molar-refractivity contribution < 1.29 is 14.4 Å². The lowest BCUT2D eigenvalue weighted by molar-refractivity contribution is -0.400. The van der Waals surface area contributed by atoms with Crippen molar-refractivity contribution in [2.24, 2.45) is 0 Å². The van der Waals surface area contributed by atoms with Crippen LogP contribution in [-0.4, -0.2) is 24.9 Å². The van der Waals surface area contributed by atoms with Gasteiger partial charge in [-0.1, -0.05) is 6.92 Å². The summed E-state index contributed by atoms with van der Waals surface area (Å²) in [4.78, 5) is 10.8. The van der Waals surface area contributed by atoms with Crippen molar-refractivity contribution in [3.8, 4) is 11.5 Å². The highest BCUT2D eigenvalue weighted by Gasteiger charge is 2.10. The Morgan fingerprint density at radius 3 is 2.50 bits per heavy atom. The average Bonchev–Trinajstić information content (AvgIpc) is 2.36. The Balaban J connectivity index is 3.21. The highest BCUT2D eigenvalue weighted by atomic mass is 32.2. The maximum Gasteiger partial charge on any atom is 0.235 e. The predicted molar refractivity (Wildman–Crippen MR) is 72.0 cm³/mol. The van der Waals surface area contributed by atoms with Gasteiger partial charge in [-0.2, -0.15) is 0 Å². The van der Waals surface area contributed by atoms with Gasteiger partial charge in [0.15, 0.2) is 0 Å². The Morgan fingerprint density at radius 2 is 2.00 bits per heavy atom. The number of thioether (sulfide) groups is 1. The zero-order chi connectivity index (χ0) is 13.5. The van der Waals surface area contributed by atoms with Crippen molar-refractivity contribution in [3.05, 3.63) is 34.0 Å². The van der Waals surface area contributed by atoms with Crippen LogP contribution in [-0.2, 0) is 0 Å². The van der Waals surface area contributed by atoms with Crippen LogP contribution in [0.3, 0.4) is 0 Å². The molecule has 0 aliphatic heterocycles. The predicted octanol–water partition coefficient (Wildman–Crippen LogP) is 3.06. The molecular formula is C12H15NO4S. The molecule has 0 aliphatic rings. The number of hydrogen-bond acceptors (Lipinski definition) is 5. The summed E-state index contributed by atoms with van der Waals surface area (Å²) in [5.74, 6) is 2.18. The molecule has 0 N–H and O–H groups in total. The summed E-state index contributed by atoms with van der Waals surface area (Å²) in [6, 6.07) is 3.56. The monoisotopic (exact) mass is 269 g/mol. The van der Waals surface area contributed by atoms with Crippen LogP contribution in [0.1, 0.15) is 12.5 Å². The second-order valence-corrected chi connectivity index (χ2v) is 4.58. The summed E-state index contributed by atoms with van der Waals surface area (Å²) < 4.78 is 10.5. The van der Waals surface area contributed by atoms with E-state index in [1.165, 1.54) is 13.2 Å². The number of nitro groups is 1. The lowest BCUT2D eigenvalue weighted by atomic mass is 10.2. The maximum atomic E-state index is 10.3. The molecule has 1 aromatic carbocycles. The molecule has 0 radical (unpaired) electrons. The molecule has 0 aromatic heterocycles. The van der Waals surface area contributed by atoms with Crippen molar-refractivity contribution in [3.63, 3.8) is 0 Å². The van der Waals surface area contributed by atoms with Crippen LogP contribution in [0.15, 0.2) is 23.2 Å². The standard InChI is InChI=1S/C12H15NO4S/c1-4-18-12-8-10(16-2)9(5-6-13(14)15)7-11(12)17-3/h5-8H,4H2,1-3H3/b6-5-. The zero-order valence-electron chi connectivity index (χ0n) is 10.5. The lowest BCUT2D eigenvalue weighted by Crippen LogP contribution is -1.93. The van der Waals surface area contributed by atoms with E-state index in [-0.39, 0.29) is 0 Å². The molecule has 98 valence electrons. The van der Waals surface area contributed by atoms with Gasteiger partial charge in [0.1, 0.15) is 11.5 Å². The zero-order valence-corrected chi connectivity index (χ0v) is 11.3. The Kier molecular flexibility index (Phi) is 5.51. The first-order chi connectivity index (χ1) is 8.62. The Bertz CT molecular complexity index is 460. The van der Waals surface area contributed by atoms with Gasteiger partial charge in [-0.3, -0.25) is 10.1 Å². The molecule has 0 saturated heterocycles. The Hall–Kier alpha value is -1.69. The highest BCUT2D eigenvalue weighted by Crippen LogP contribution is 2.36. The smallest absolute Gasteiger partial charge is 0.235 e. The largest absolute Gasteiger partial charge is 0.496 e. The average molecular weight is 269 g/mol. The number of methoxy groups -OCH3 is 2. The number of hydrogen-bond donors (Lipinski definition) is 0. The second-order valence-electron chi connectivity index (χ2n) is 3.28. The lowest BCUT2D eigenvalue weighted by Gasteiger charge is -2.11. The normalized spacial score (nSPS) is 10.6. The van der Waals surface area contributed by atoms with Crippen molar-refractivity contribution in [1.82, 2.24) is 0 Å². The van der Waals surface area contributed by atoms with E-state index in [0.29, 0.717) is 17.1 Å². The summed E-state index contributed by atoms with van der Waals surface area (Å²) >= 11 is 1.63. The molecular weight excluding hydrogens is 254 g/mol. The summed E-state index contributed by atoms with van der Waals surface area (Å²) in [7, 11) is 3.11. The Labute approximate surface area is 110 Å². The molecule has 18 heavy (non-hydrogen) atoms. The number of ether oxygens (including phenoxy) is 2. The first-order valence-electron chi connectivity index (χ1n) is 5.32. The fourth-order valence-corrected chi connectivity index (χ4v) is 2.22. The van der Waals surface area contributed by atoms with Crippen molar-refractivity contribution in [2.45, 2.75) is 11.8 Å². The molecule has 0 unspecified atom stereocenters. The summed E-state index contributed by atoms with van der Waals surface area (Å²) in [5.41, 5.74) is 0.617. The number of rotatable bonds is 6. The minimum absolute atomic E-state index is 0.513. The van der Waals surface area contributed by atoms with Crippen LogP contribution >= 0.6 is 11.8 Å². The van der Waals surface area contributed by atoms with Gasteiger partial charge >= 0.3 is 0 Å². The molecule has 1 rings (SSSR count). The molecule has 6 heteroatoms. The van der Waals surface area contributed by atoms with Crippen LogP contribution in [0.2, 0.25) is 0 Å². The van der Waals surface area contributed by atoms with E-state index in [4.69, 9.17) is 9.47 Å². The summed E-state index contributed by atoms with van der Waals surface area (Å²) in [6.07, 6.45) is 2.27. The molecule has 0 fully saturated rings.